The van der Waals surface area contributed by atoms with Crippen molar-refractivity contribution in [1.29, 1.82) is 0 Å². The van der Waals surface area contributed by atoms with Crippen molar-refractivity contribution in [2.24, 2.45) is 5.92 Å². The maximum Gasteiger partial charge on any atom is 0.329 e. The van der Waals surface area contributed by atoms with Crippen LogP contribution in [-0.4, -0.2) is 37.0 Å². The van der Waals surface area contributed by atoms with Gasteiger partial charge in [0.2, 0.25) is 0 Å². The summed E-state index contributed by atoms with van der Waals surface area (Å²) in [6, 6.07) is 10.2. The van der Waals surface area contributed by atoms with Crippen LogP contribution in [-0.2, 0) is 14.3 Å². The molecular weight excluding hydrogens is 443 g/mol. The molecule has 0 fully saturated rings. The van der Waals surface area contributed by atoms with Crippen LogP contribution in [0, 0.1) is 5.92 Å². The van der Waals surface area contributed by atoms with Gasteiger partial charge < -0.3 is 20.1 Å². The van der Waals surface area contributed by atoms with Crippen molar-refractivity contribution in [3.63, 3.8) is 0 Å². The van der Waals surface area contributed by atoms with Crippen LogP contribution in [0.4, 0.5) is 5.69 Å². The van der Waals surface area contributed by atoms with Crippen molar-refractivity contribution in [3.05, 3.63) is 58.1 Å². The van der Waals surface area contributed by atoms with Gasteiger partial charge in [-0.3, -0.25) is 9.59 Å². The Morgan fingerprint density at radius 3 is 2.32 bits per heavy atom. The molecule has 9 heteroatoms. The van der Waals surface area contributed by atoms with Crippen LogP contribution >= 0.6 is 23.2 Å². The van der Waals surface area contributed by atoms with Crippen molar-refractivity contribution >= 4 is 46.7 Å². The molecule has 0 aliphatic rings. The van der Waals surface area contributed by atoms with Crippen molar-refractivity contribution in [3.8, 4) is 5.75 Å². The molecular formula is C22H24Cl2N2O5. The number of esters is 1. The number of anilines is 1. The molecule has 0 saturated heterocycles. The summed E-state index contributed by atoms with van der Waals surface area (Å²) in [6.45, 7) is 5.36. The molecule has 0 bridgehead atoms. The van der Waals surface area contributed by atoms with E-state index in [9.17, 15) is 14.4 Å². The monoisotopic (exact) mass is 466 g/mol. The lowest BCUT2D eigenvalue weighted by Gasteiger charge is -2.21. The van der Waals surface area contributed by atoms with Crippen LogP contribution in [0.3, 0.4) is 0 Å². The van der Waals surface area contributed by atoms with Crippen LogP contribution in [0.25, 0.3) is 0 Å². The van der Waals surface area contributed by atoms with Gasteiger partial charge in [0.1, 0.15) is 11.8 Å². The molecule has 31 heavy (non-hydrogen) atoms. The normalized spacial score (nSPS) is 11.5. The summed E-state index contributed by atoms with van der Waals surface area (Å²) in [5.74, 6) is -1.36. The van der Waals surface area contributed by atoms with Gasteiger partial charge in [0.15, 0.2) is 6.61 Å². The Balaban J connectivity index is 1.94. The van der Waals surface area contributed by atoms with Gasteiger partial charge in [0.25, 0.3) is 11.8 Å². The molecule has 1 unspecified atom stereocenters. The average Bonchev–Trinajstić information content (AvgIpc) is 2.73. The summed E-state index contributed by atoms with van der Waals surface area (Å²) in [7, 11) is 0. The largest absolute Gasteiger partial charge is 0.494 e. The van der Waals surface area contributed by atoms with Crippen molar-refractivity contribution in [2.45, 2.75) is 26.8 Å². The smallest absolute Gasteiger partial charge is 0.329 e. The fourth-order valence-electron chi connectivity index (χ4n) is 2.60. The predicted molar refractivity (Wildman–Crippen MR) is 120 cm³/mol. The Morgan fingerprint density at radius 2 is 1.71 bits per heavy atom. The molecule has 0 aliphatic heterocycles. The Kier molecular flexibility index (Phi) is 9.15. The first kappa shape index (κ1) is 24.5. The highest BCUT2D eigenvalue weighted by Crippen LogP contribution is 2.25. The number of rotatable bonds is 9. The fourth-order valence-corrected chi connectivity index (χ4v) is 2.93. The third-order valence-corrected chi connectivity index (χ3v) is 4.75. The zero-order chi connectivity index (χ0) is 23.0. The molecule has 2 N–H and O–H groups in total. The van der Waals surface area contributed by atoms with Gasteiger partial charge in [-0.15, -0.1) is 0 Å². The third kappa shape index (κ3) is 7.45. The van der Waals surface area contributed by atoms with E-state index < -0.39 is 30.4 Å². The lowest BCUT2D eigenvalue weighted by Crippen LogP contribution is -2.45. The molecule has 166 valence electrons. The maximum absolute atomic E-state index is 12.5. The minimum atomic E-state index is -0.929. The Morgan fingerprint density at radius 1 is 1.03 bits per heavy atom. The van der Waals surface area contributed by atoms with E-state index in [1.807, 2.05) is 6.92 Å². The number of nitrogens with one attached hydrogen (secondary N) is 2. The van der Waals surface area contributed by atoms with E-state index in [1.54, 1.807) is 44.2 Å². The van der Waals surface area contributed by atoms with Crippen LogP contribution in [0.1, 0.15) is 31.1 Å². The minimum absolute atomic E-state index is 0.260. The molecule has 2 aromatic carbocycles. The predicted octanol–water partition coefficient (Wildman–Crippen LogP) is 4.33. The van der Waals surface area contributed by atoms with E-state index in [2.05, 4.69) is 10.6 Å². The molecule has 0 radical (unpaired) electrons. The summed E-state index contributed by atoms with van der Waals surface area (Å²) in [5, 5.41) is 5.87. The van der Waals surface area contributed by atoms with Crippen LogP contribution in [0.15, 0.2) is 42.5 Å². The first-order valence-corrected chi connectivity index (χ1v) is 10.4. The average molecular weight is 467 g/mol. The molecule has 2 rings (SSSR count). The molecule has 7 nitrogen and oxygen atoms in total. The zero-order valence-corrected chi connectivity index (χ0v) is 18.9. The van der Waals surface area contributed by atoms with Gasteiger partial charge in [-0.2, -0.15) is 0 Å². The van der Waals surface area contributed by atoms with Gasteiger partial charge in [0.05, 0.1) is 17.3 Å². The molecule has 0 aliphatic carbocycles. The summed E-state index contributed by atoms with van der Waals surface area (Å²) < 4.78 is 10.4. The number of hydrogen-bond donors (Lipinski definition) is 2. The highest BCUT2D eigenvalue weighted by Gasteiger charge is 2.27. The second-order valence-corrected chi connectivity index (χ2v) is 7.78. The molecule has 0 spiro atoms. The summed E-state index contributed by atoms with van der Waals surface area (Å²) >= 11 is 11.9. The SMILES string of the molecule is CCOc1ccc(C(=O)NC(C(=O)OCC(=O)Nc2cc(Cl)ccc2Cl)C(C)C)cc1. The first-order valence-electron chi connectivity index (χ1n) is 9.66. The van der Waals surface area contributed by atoms with Crippen molar-refractivity contribution < 1.29 is 23.9 Å². The number of ether oxygens (including phenoxy) is 2. The highest BCUT2D eigenvalue weighted by molar-refractivity contribution is 6.35. The Hall–Kier alpha value is -2.77. The van der Waals surface area contributed by atoms with Crippen LogP contribution in [0.5, 0.6) is 5.75 Å². The van der Waals surface area contributed by atoms with E-state index in [4.69, 9.17) is 32.7 Å². The van der Waals surface area contributed by atoms with Crippen molar-refractivity contribution in [1.82, 2.24) is 5.32 Å². The number of amides is 2. The number of halogens is 2. The van der Waals surface area contributed by atoms with E-state index in [-0.39, 0.29) is 5.92 Å². The van der Waals surface area contributed by atoms with Gasteiger partial charge in [-0.25, -0.2) is 4.79 Å². The second kappa shape index (κ2) is 11.6. The standard InChI is InChI=1S/C22H24Cl2N2O5/c1-4-30-16-8-5-14(6-9-16)21(28)26-20(13(2)3)22(29)31-12-19(27)25-18-11-15(23)7-10-17(18)24/h5-11,13,20H,4,12H2,1-3H3,(H,25,27)(H,26,28). The van der Waals surface area contributed by atoms with Gasteiger partial charge in [-0.05, 0) is 55.3 Å². The molecule has 1 atom stereocenters. The fraction of sp³-hybridized carbons (Fsp3) is 0.318. The quantitative estimate of drug-likeness (QED) is 0.536. The van der Waals surface area contributed by atoms with Gasteiger partial charge >= 0.3 is 5.97 Å². The Labute approximate surface area is 191 Å². The van der Waals surface area contributed by atoms with Gasteiger partial charge in [0, 0.05) is 10.6 Å². The highest BCUT2D eigenvalue weighted by atomic mass is 35.5. The number of benzene rings is 2. The molecule has 2 aromatic rings. The molecule has 0 saturated carbocycles. The maximum atomic E-state index is 12.5. The molecule has 0 heterocycles. The summed E-state index contributed by atoms with van der Waals surface area (Å²) in [4.78, 5) is 37.1. The van der Waals surface area contributed by atoms with E-state index in [0.717, 1.165) is 0 Å². The van der Waals surface area contributed by atoms with Crippen LogP contribution < -0.4 is 15.4 Å². The van der Waals surface area contributed by atoms with E-state index in [0.29, 0.717) is 33.7 Å². The molecule has 2 amide bonds. The lowest BCUT2D eigenvalue weighted by atomic mass is 10.0. The minimum Gasteiger partial charge on any atom is -0.494 e. The van der Waals surface area contributed by atoms with E-state index in [1.165, 1.54) is 12.1 Å². The number of carbonyl (C=O) groups excluding carboxylic acids is 3. The third-order valence-electron chi connectivity index (χ3n) is 4.18. The zero-order valence-electron chi connectivity index (χ0n) is 17.4. The summed E-state index contributed by atoms with van der Waals surface area (Å²) in [5.41, 5.74) is 0.676. The topological polar surface area (TPSA) is 93.7 Å². The first-order chi connectivity index (χ1) is 14.7. The second-order valence-electron chi connectivity index (χ2n) is 6.93. The number of carbonyl (C=O) groups is 3. The summed E-state index contributed by atoms with van der Waals surface area (Å²) in [6.07, 6.45) is 0. The number of hydrogen-bond acceptors (Lipinski definition) is 5. The van der Waals surface area contributed by atoms with Crippen LogP contribution in [0.2, 0.25) is 10.0 Å². The van der Waals surface area contributed by atoms with Gasteiger partial charge in [-0.1, -0.05) is 37.0 Å². The lowest BCUT2D eigenvalue weighted by molar-refractivity contribution is -0.150. The van der Waals surface area contributed by atoms with Crippen molar-refractivity contribution in [2.75, 3.05) is 18.5 Å². The molecule has 0 aromatic heterocycles. The van der Waals surface area contributed by atoms with E-state index >= 15 is 0 Å². The Bertz CT molecular complexity index is 932.